The largest absolute Gasteiger partial charge is 0.398 e. The number of nitrogens with two attached hydrogens (primary N) is 1. The number of ether oxygens (including phenoxy) is 1. The number of halogens is 1. The third-order valence-corrected chi connectivity index (χ3v) is 3.87. The second-order valence-electron chi connectivity index (χ2n) is 4.64. The van der Waals surface area contributed by atoms with Crippen LogP contribution in [0.4, 0.5) is 5.69 Å². The molecule has 0 bridgehead atoms. The first-order chi connectivity index (χ1) is 8.16. The fraction of sp³-hybridized carbons (Fsp3) is 0.538. The van der Waals surface area contributed by atoms with Crippen molar-refractivity contribution in [2.75, 3.05) is 25.9 Å². The molecule has 4 heteroatoms. The Balaban J connectivity index is 1.95. The third-order valence-electron chi connectivity index (χ3n) is 3.12. The Morgan fingerprint density at radius 2 is 2.35 bits per heavy atom. The summed E-state index contributed by atoms with van der Waals surface area (Å²) in [5.74, 6) is 0. The molecule has 0 spiro atoms. The van der Waals surface area contributed by atoms with E-state index in [1.54, 1.807) is 0 Å². The predicted octanol–water partition coefficient (Wildman–Crippen LogP) is 2.64. The zero-order valence-electron chi connectivity index (χ0n) is 10.2. The highest BCUT2D eigenvalue weighted by molar-refractivity contribution is 9.10. The van der Waals surface area contributed by atoms with E-state index in [1.165, 1.54) is 12.8 Å². The molecule has 1 atom stereocenters. The first-order valence-electron chi connectivity index (χ1n) is 6.00. The van der Waals surface area contributed by atoms with E-state index in [0.717, 1.165) is 35.4 Å². The summed E-state index contributed by atoms with van der Waals surface area (Å²) < 4.78 is 6.72. The fourth-order valence-electron chi connectivity index (χ4n) is 2.21. The van der Waals surface area contributed by atoms with Crippen LogP contribution in [0.5, 0.6) is 0 Å². The summed E-state index contributed by atoms with van der Waals surface area (Å²) >= 11 is 3.55. The standard InChI is InChI=1S/C13H19BrN2O/c1-16(8-10-4-3-7-17-10)9-11-12(14)5-2-6-13(11)15/h2,5-6,10H,3-4,7-9,15H2,1H3. The van der Waals surface area contributed by atoms with Gasteiger partial charge in [-0.1, -0.05) is 22.0 Å². The molecule has 1 aromatic rings. The van der Waals surface area contributed by atoms with Gasteiger partial charge in [-0.25, -0.2) is 0 Å². The van der Waals surface area contributed by atoms with Gasteiger partial charge in [-0.2, -0.15) is 0 Å². The minimum Gasteiger partial charge on any atom is -0.398 e. The minimum absolute atomic E-state index is 0.392. The molecule has 0 radical (unpaired) electrons. The van der Waals surface area contributed by atoms with Gasteiger partial charge < -0.3 is 10.5 Å². The molecule has 1 aliphatic rings. The molecule has 1 aromatic carbocycles. The number of likely N-dealkylation sites (N-methyl/N-ethyl adjacent to an activating group) is 1. The SMILES string of the molecule is CN(Cc1c(N)cccc1Br)CC1CCCO1. The van der Waals surface area contributed by atoms with E-state index in [2.05, 4.69) is 27.9 Å². The summed E-state index contributed by atoms with van der Waals surface area (Å²) in [5.41, 5.74) is 8.00. The molecule has 1 fully saturated rings. The van der Waals surface area contributed by atoms with Gasteiger partial charge >= 0.3 is 0 Å². The highest BCUT2D eigenvalue weighted by Crippen LogP contribution is 2.24. The molecule has 17 heavy (non-hydrogen) atoms. The fourth-order valence-corrected chi connectivity index (χ4v) is 2.72. The number of nitrogen functional groups attached to an aromatic ring is 1. The summed E-state index contributed by atoms with van der Waals surface area (Å²) in [6.07, 6.45) is 2.76. The molecule has 1 unspecified atom stereocenters. The van der Waals surface area contributed by atoms with Gasteiger partial charge in [0.2, 0.25) is 0 Å². The van der Waals surface area contributed by atoms with Crippen LogP contribution < -0.4 is 5.73 Å². The van der Waals surface area contributed by atoms with Crippen LogP contribution in [0.1, 0.15) is 18.4 Å². The quantitative estimate of drug-likeness (QED) is 0.869. The number of anilines is 1. The molecule has 0 saturated carbocycles. The number of rotatable bonds is 4. The highest BCUT2D eigenvalue weighted by atomic mass is 79.9. The molecule has 2 rings (SSSR count). The van der Waals surface area contributed by atoms with E-state index >= 15 is 0 Å². The lowest BCUT2D eigenvalue weighted by atomic mass is 10.1. The van der Waals surface area contributed by atoms with Gasteiger partial charge in [-0.15, -0.1) is 0 Å². The topological polar surface area (TPSA) is 38.5 Å². The first-order valence-corrected chi connectivity index (χ1v) is 6.79. The van der Waals surface area contributed by atoms with E-state index in [1.807, 2.05) is 18.2 Å². The van der Waals surface area contributed by atoms with Crippen molar-refractivity contribution in [1.29, 1.82) is 0 Å². The smallest absolute Gasteiger partial charge is 0.0702 e. The maximum atomic E-state index is 5.99. The molecule has 1 heterocycles. The first kappa shape index (κ1) is 12.9. The van der Waals surface area contributed by atoms with Crippen molar-refractivity contribution in [2.24, 2.45) is 0 Å². The highest BCUT2D eigenvalue weighted by Gasteiger charge is 2.18. The van der Waals surface area contributed by atoms with Crippen molar-refractivity contribution in [1.82, 2.24) is 4.90 Å². The van der Waals surface area contributed by atoms with Crippen LogP contribution in [0.3, 0.4) is 0 Å². The Bertz CT molecular complexity index is 357. The van der Waals surface area contributed by atoms with Crippen molar-refractivity contribution in [3.05, 3.63) is 28.2 Å². The van der Waals surface area contributed by atoms with Gasteiger partial charge in [0.25, 0.3) is 0 Å². The second-order valence-corrected chi connectivity index (χ2v) is 5.49. The Kier molecular flexibility index (Phi) is 4.42. The Labute approximate surface area is 111 Å². The average molecular weight is 299 g/mol. The van der Waals surface area contributed by atoms with Crippen LogP contribution in [0.25, 0.3) is 0 Å². The van der Waals surface area contributed by atoms with Gasteiger partial charge in [0.1, 0.15) is 0 Å². The molecular formula is C13H19BrN2O. The van der Waals surface area contributed by atoms with Crippen LogP contribution in [-0.4, -0.2) is 31.2 Å². The Morgan fingerprint density at radius 1 is 1.53 bits per heavy atom. The lowest BCUT2D eigenvalue weighted by molar-refractivity contribution is 0.0793. The predicted molar refractivity (Wildman–Crippen MR) is 73.9 cm³/mol. The van der Waals surface area contributed by atoms with Crippen molar-refractivity contribution in [2.45, 2.75) is 25.5 Å². The van der Waals surface area contributed by atoms with Gasteiger partial charge in [0.05, 0.1) is 6.10 Å². The van der Waals surface area contributed by atoms with Crippen molar-refractivity contribution >= 4 is 21.6 Å². The normalized spacial score (nSPS) is 20.1. The van der Waals surface area contributed by atoms with E-state index < -0.39 is 0 Å². The minimum atomic E-state index is 0.392. The van der Waals surface area contributed by atoms with Crippen LogP contribution >= 0.6 is 15.9 Å². The second kappa shape index (κ2) is 5.85. The third kappa shape index (κ3) is 3.44. The molecular weight excluding hydrogens is 280 g/mol. The Morgan fingerprint density at radius 3 is 3.00 bits per heavy atom. The van der Waals surface area contributed by atoms with Crippen LogP contribution in [0.15, 0.2) is 22.7 Å². The lowest BCUT2D eigenvalue weighted by Crippen LogP contribution is -2.28. The summed E-state index contributed by atoms with van der Waals surface area (Å²) in [5, 5.41) is 0. The molecule has 0 aliphatic carbocycles. The zero-order chi connectivity index (χ0) is 12.3. The summed E-state index contributed by atoms with van der Waals surface area (Å²) in [6.45, 7) is 2.74. The molecule has 1 aliphatic heterocycles. The average Bonchev–Trinajstić information content (AvgIpc) is 2.76. The Hall–Kier alpha value is -0.580. The summed E-state index contributed by atoms with van der Waals surface area (Å²) in [7, 11) is 2.11. The van der Waals surface area contributed by atoms with E-state index in [9.17, 15) is 0 Å². The monoisotopic (exact) mass is 298 g/mol. The molecule has 1 saturated heterocycles. The number of benzene rings is 1. The van der Waals surface area contributed by atoms with Crippen molar-refractivity contribution in [3.63, 3.8) is 0 Å². The maximum absolute atomic E-state index is 5.99. The molecule has 94 valence electrons. The van der Waals surface area contributed by atoms with Crippen LogP contribution in [-0.2, 0) is 11.3 Å². The van der Waals surface area contributed by atoms with Crippen molar-refractivity contribution in [3.8, 4) is 0 Å². The molecule has 0 aromatic heterocycles. The number of hydrogen-bond acceptors (Lipinski definition) is 3. The molecule has 3 nitrogen and oxygen atoms in total. The van der Waals surface area contributed by atoms with Gasteiger partial charge in [-0.3, -0.25) is 4.90 Å². The van der Waals surface area contributed by atoms with Crippen molar-refractivity contribution < 1.29 is 4.74 Å². The summed E-state index contributed by atoms with van der Waals surface area (Å²) in [4.78, 5) is 2.27. The molecule has 2 N–H and O–H groups in total. The molecule has 0 amide bonds. The van der Waals surface area contributed by atoms with Gasteiger partial charge in [0, 0.05) is 35.4 Å². The van der Waals surface area contributed by atoms with Crippen LogP contribution in [0, 0.1) is 0 Å². The number of nitrogens with zero attached hydrogens (tertiary/aromatic N) is 1. The zero-order valence-corrected chi connectivity index (χ0v) is 11.7. The van der Waals surface area contributed by atoms with Gasteiger partial charge in [-0.05, 0) is 32.0 Å². The number of hydrogen-bond donors (Lipinski definition) is 1. The van der Waals surface area contributed by atoms with Gasteiger partial charge in [0.15, 0.2) is 0 Å². The maximum Gasteiger partial charge on any atom is 0.0702 e. The van der Waals surface area contributed by atoms with E-state index in [-0.39, 0.29) is 0 Å². The lowest BCUT2D eigenvalue weighted by Gasteiger charge is -2.21. The van der Waals surface area contributed by atoms with E-state index in [4.69, 9.17) is 10.5 Å². The van der Waals surface area contributed by atoms with Crippen LogP contribution in [0.2, 0.25) is 0 Å². The van der Waals surface area contributed by atoms with E-state index in [0.29, 0.717) is 6.10 Å². The summed E-state index contributed by atoms with van der Waals surface area (Å²) in [6, 6.07) is 5.94.